The highest BCUT2D eigenvalue weighted by Crippen LogP contribution is 2.39. The Morgan fingerprint density at radius 1 is 1.08 bits per heavy atom. The Labute approximate surface area is 186 Å². The highest BCUT2D eigenvalue weighted by molar-refractivity contribution is 9.15. The molecule has 4 nitrogen and oxygen atoms in total. The zero-order valence-electron chi connectivity index (χ0n) is 13.6. The van der Waals surface area contributed by atoms with Gasteiger partial charge in [0.15, 0.2) is 5.11 Å². The average molecular weight is 617 g/mol. The summed E-state index contributed by atoms with van der Waals surface area (Å²) in [4.78, 5) is 6.38. The molecule has 1 unspecified atom stereocenters. The van der Waals surface area contributed by atoms with Crippen LogP contribution in [0.5, 0.6) is 5.75 Å². The molecule has 134 valence electrons. The number of hydrogen-bond donors (Lipinski definition) is 1. The number of anilines is 1. The van der Waals surface area contributed by atoms with E-state index in [4.69, 9.17) is 17.0 Å². The molecule has 0 amide bonds. The van der Waals surface area contributed by atoms with E-state index in [0.29, 0.717) is 9.72 Å². The van der Waals surface area contributed by atoms with Gasteiger partial charge in [0, 0.05) is 19.8 Å². The van der Waals surface area contributed by atoms with Crippen molar-refractivity contribution in [3.8, 4) is 5.75 Å². The van der Waals surface area contributed by atoms with Crippen molar-refractivity contribution in [1.82, 2.24) is 9.88 Å². The summed E-state index contributed by atoms with van der Waals surface area (Å²) in [6.45, 7) is 1.95. The van der Waals surface area contributed by atoms with Crippen molar-refractivity contribution in [2.24, 2.45) is 0 Å². The third kappa shape index (κ3) is 5.38. The number of aromatic nitrogens is 1. The summed E-state index contributed by atoms with van der Waals surface area (Å²) in [7, 11) is 3.79. The molecule has 1 heterocycles. The molecule has 2 aromatic rings. The summed E-state index contributed by atoms with van der Waals surface area (Å²) < 4.78 is 9.32. The van der Waals surface area contributed by atoms with Crippen molar-refractivity contribution < 1.29 is 4.74 Å². The van der Waals surface area contributed by atoms with Gasteiger partial charge in [-0.3, -0.25) is 0 Å². The molecule has 0 saturated carbocycles. The highest BCUT2D eigenvalue weighted by atomic mass is 79.9. The molecular formula is C16H15Br4N3OS. The van der Waals surface area contributed by atoms with Crippen LogP contribution in [0.2, 0.25) is 0 Å². The smallest absolute Gasteiger partial charge is 0.172 e. The van der Waals surface area contributed by atoms with Crippen molar-refractivity contribution >= 4 is 86.7 Å². The summed E-state index contributed by atoms with van der Waals surface area (Å²) in [5.74, 6) is 0.748. The molecule has 0 aliphatic heterocycles. The second kappa shape index (κ2) is 9.12. The van der Waals surface area contributed by atoms with E-state index in [-0.39, 0.29) is 6.10 Å². The standard InChI is InChI=1S/C16H15Br4N3OS/c1-8(14-12(18)11(17)13(19)15(20)22-14)24-10-6-4-9(5-7-10)21-16(25)23(2)3/h4-8H,1-3H3,(H,21,25). The molecule has 0 aliphatic rings. The topological polar surface area (TPSA) is 37.4 Å². The van der Waals surface area contributed by atoms with Gasteiger partial charge in [0.1, 0.15) is 16.5 Å². The minimum Gasteiger partial charge on any atom is -0.484 e. The molecule has 0 bridgehead atoms. The van der Waals surface area contributed by atoms with E-state index in [9.17, 15) is 0 Å². The van der Waals surface area contributed by atoms with Crippen LogP contribution in [0.3, 0.4) is 0 Å². The van der Waals surface area contributed by atoms with E-state index >= 15 is 0 Å². The van der Waals surface area contributed by atoms with Crippen molar-refractivity contribution in [2.45, 2.75) is 13.0 Å². The first kappa shape index (κ1) is 21.1. The number of pyridine rings is 1. The Balaban J connectivity index is 2.13. The number of thiocarbonyl (C=S) groups is 1. The first-order valence-electron chi connectivity index (χ1n) is 7.15. The first-order chi connectivity index (χ1) is 11.7. The predicted octanol–water partition coefficient (Wildman–Crippen LogP) is 6.53. The minimum absolute atomic E-state index is 0.239. The third-order valence-electron chi connectivity index (χ3n) is 3.22. The molecule has 1 aromatic carbocycles. The van der Waals surface area contributed by atoms with Gasteiger partial charge in [0.05, 0.1) is 19.1 Å². The Hall–Kier alpha value is -0.220. The van der Waals surface area contributed by atoms with E-state index in [0.717, 1.165) is 30.5 Å². The molecular weight excluding hydrogens is 602 g/mol. The van der Waals surface area contributed by atoms with Crippen LogP contribution in [0.25, 0.3) is 0 Å². The van der Waals surface area contributed by atoms with Crippen molar-refractivity contribution in [3.63, 3.8) is 0 Å². The van der Waals surface area contributed by atoms with Crippen LogP contribution in [0.15, 0.2) is 42.3 Å². The van der Waals surface area contributed by atoms with E-state index in [1.54, 1.807) is 0 Å². The van der Waals surface area contributed by atoms with Crippen LogP contribution >= 0.6 is 75.9 Å². The Kier molecular flexibility index (Phi) is 7.69. The third-order valence-corrected chi connectivity index (χ3v) is 8.22. The second-order valence-corrected chi connectivity index (χ2v) is 8.86. The number of hydrogen-bond acceptors (Lipinski definition) is 3. The van der Waals surface area contributed by atoms with Crippen molar-refractivity contribution in [1.29, 1.82) is 0 Å². The number of rotatable bonds is 4. The van der Waals surface area contributed by atoms with Gasteiger partial charge in [-0.25, -0.2) is 4.98 Å². The fourth-order valence-corrected chi connectivity index (χ4v) is 4.21. The summed E-state index contributed by atoms with van der Waals surface area (Å²) in [6.07, 6.45) is -0.239. The molecule has 1 aromatic heterocycles. The van der Waals surface area contributed by atoms with Crippen LogP contribution in [0, 0.1) is 0 Å². The average Bonchev–Trinajstić information content (AvgIpc) is 2.57. The summed E-state index contributed by atoms with van der Waals surface area (Å²) in [6, 6.07) is 7.64. The van der Waals surface area contributed by atoms with Gasteiger partial charge >= 0.3 is 0 Å². The summed E-state index contributed by atoms with van der Waals surface area (Å²) >= 11 is 19.2. The van der Waals surface area contributed by atoms with Crippen LogP contribution in [0.1, 0.15) is 18.7 Å². The lowest BCUT2D eigenvalue weighted by molar-refractivity contribution is 0.220. The number of benzene rings is 1. The summed E-state index contributed by atoms with van der Waals surface area (Å²) in [5, 5.41) is 3.80. The Morgan fingerprint density at radius 2 is 1.68 bits per heavy atom. The molecule has 1 atom stereocenters. The zero-order valence-corrected chi connectivity index (χ0v) is 20.8. The van der Waals surface area contributed by atoms with Gasteiger partial charge in [-0.1, -0.05) is 0 Å². The van der Waals surface area contributed by atoms with Gasteiger partial charge in [0.2, 0.25) is 0 Å². The van der Waals surface area contributed by atoms with Gasteiger partial charge in [-0.2, -0.15) is 0 Å². The van der Waals surface area contributed by atoms with E-state index in [2.05, 4.69) is 74.0 Å². The van der Waals surface area contributed by atoms with E-state index in [1.165, 1.54) is 0 Å². The quantitative estimate of drug-likeness (QED) is 0.312. The highest BCUT2D eigenvalue weighted by Gasteiger charge is 2.19. The van der Waals surface area contributed by atoms with E-state index in [1.807, 2.05) is 50.2 Å². The molecule has 25 heavy (non-hydrogen) atoms. The molecule has 0 radical (unpaired) electrons. The maximum absolute atomic E-state index is 6.02. The normalized spacial score (nSPS) is 11.8. The summed E-state index contributed by atoms with van der Waals surface area (Å²) in [5.41, 5.74) is 1.70. The largest absolute Gasteiger partial charge is 0.484 e. The lowest BCUT2D eigenvalue weighted by atomic mass is 10.2. The SMILES string of the molecule is CC(Oc1ccc(NC(=S)N(C)C)cc1)c1nc(Br)c(Br)c(Br)c1Br. The molecule has 0 aliphatic carbocycles. The second-order valence-electron chi connectivity index (χ2n) is 5.34. The molecule has 2 rings (SSSR count). The molecule has 9 heteroatoms. The maximum atomic E-state index is 6.02. The number of halogens is 4. The van der Waals surface area contributed by atoms with Crippen molar-refractivity contribution in [3.05, 3.63) is 48.0 Å². The number of ether oxygens (including phenoxy) is 1. The van der Waals surface area contributed by atoms with Crippen LogP contribution in [-0.2, 0) is 0 Å². The Morgan fingerprint density at radius 3 is 2.24 bits per heavy atom. The predicted molar refractivity (Wildman–Crippen MR) is 120 cm³/mol. The number of nitrogens with zero attached hydrogens (tertiary/aromatic N) is 2. The maximum Gasteiger partial charge on any atom is 0.172 e. The van der Waals surface area contributed by atoms with Crippen LogP contribution in [0.4, 0.5) is 5.69 Å². The minimum atomic E-state index is -0.239. The fraction of sp³-hybridized carbons (Fsp3) is 0.250. The van der Waals surface area contributed by atoms with Gasteiger partial charge in [0.25, 0.3) is 0 Å². The van der Waals surface area contributed by atoms with E-state index < -0.39 is 0 Å². The monoisotopic (exact) mass is 613 g/mol. The van der Waals surface area contributed by atoms with Crippen LogP contribution in [-0.4, -0.2) is 29.1 Å². The van der Waals surface area contributed by atoms with Gasteiger partial charge in [-0.05, 0) is 107 Å². The Bertz CT molecular complexity index is 784. The molecule has 0 saturated heterocycles. The molecule has 0 fully saturated rings. The lowest BCUT2D eigenvalue weighted by Crippen LogP contribution is -2.26. The molecule has 1 N–H and O–H groups in total. The number of nitrogens with one attached hydrogen (secondary N) is 1. The molecule has 0 spiro atoms. The van der Waals surface area contributed by atoms with Gasteiger partial charge in [-0.15, -0.1) is 0 Å². The van der Waals surface area contributed by atoms with Gasteiger partial charge < -0.3 is 15.0 Å². The van der Waals surface area contributed by atoms with Crippen molar-refractivity contribution in [2.75, 3.05) is 19.4 Å². The first-order valence-corrected chi connectivity index (χ1v) is 10.7. The zero-order chi connectivity index (χ0) is 18.7. The van der Waals surface area contributed by atoms with Crippen LogP contribution < -0.4 is 10.1 Å². The fourth-order valence-electron chi connectivity index (χ4n) is 1.88. The lowest BCUT2D eigenvalue weighted by Gasteiger charge is -2.18.